The number of rotatable bonds is 6. The Morgan fingerprint density at radius 2 is 2.08 bits per heavy atom. The summed E-state index contributed by atoms with van der Waals surface area (Å²) in [5, 5.41) is 12.0. The maximum absolute atomic E-state index is 8.73. The van der Waals surface area contributed by atoms with Gasteiger partial charge in [-0.05, 0) is 20.3 Å². The van der Waals surface area contributed by atoms with Crippen molar-refractivity contribution in [3.05, 3.63) is 12.2 Å². The summed E-state index contributed by atoms with van der Waals surface area (Å²) in [4.78, 5) is 0. The van der Waals surface area contributed by atoms with Crippen molar-refractivity contribution in [2.24, 2.45) is 0 Å². The molecule has 0 saturated heterocycles. The van der Waals surface area contributed by atoms with Gasteiger partial charge in [-0.25, -0.2) is 0 Å². The molecule has 0 unspecified atom stereocenters. The second-order valence-corrected chi connectivity index (χ2v) is 3.67. The van der Waals surface area contributed by atoms with Gasteiger partial charge in [0.05, 0.1) is 0 Å². The van der Waals surface area contributed by atoms with Gasteiger partial charge in [-0.3, -0.25) is 0 Å². The third-order valence-electron chi connectivity index (χ3n) is 1.69. The molecule has 2 N–H and O–H groups in total. The van der Waals surface area contributed by atoms with E-state index in [1.807, 2.05) is 12.2 Å². The molecule has 0 spiro atoms. The van der Waals surface area contributed by atoms with Crippen LogP contribution in [0.2, 0.25) is 0 Å². The zero-order valence-corrected chi connectivity index (χ0v) is 8.56. The molecule has 0 aliphatic heterocycles. The van der Waals surface area contributed by atoms with E-state index in [1.165, 1.54) is 0 Å². The number of hydrogen-bond donors (Lipinski definition) is 2. The van der Waals surface area contributed by atoms with Crippen LogP contribution in [0.5, 0.6) is 0 Å². The monoisotopic (exact) mass is 191 g/mol. The zero-order chi connectivity index (χ0) is 9.45. The van der Waals surface area contributed by atoms with Crippen LogP contribution in [-0.4, -0.2) is 29.7 Å². The Labute approximate surface area is 79.6 Å². The van der Waals surface area contributed by atoms with Gasteiger partial charge in [0.15, 0.2) is 0 Å². The molecular weight excluding hydrogens is 174 g/mol. The van der Waals surface area contributed by atoms with Gasteiger partial charge >= 0.3 is 0 Å². The summed E-state index contributed by atoms with van der Waals surface area (Å²) < 4.78 is 0. The predicted octanol–water partition coefficient (Wildman–Crippen LogP) is 1.53. The van der Waals surface area contributed by atoms with Crippen LogP contribution in [0.15, 0.2) is 12.2 Å². The molecule has 0 atom stereocenters. The van der Waals surface area contributed by atoms with Gasteiger partial charge in [0.2, 0.25) is 0 Å². The van der Waals surface area contributed by atoms with Gasteiger partial charge in [0.1, 0.15) is 0 Å². The normalized spacial score (nSPS) is 12.7. The average molecular weight is 192 g/mol. The van der Waals surface area contributed by atoms with Crippen LogP contribution in [0.1, 0.15) is 20.3 Å². The van der Waals surface area contributed by atoms with Crippen molar-refractivity contribution < 1.29 is 5.11 Å². The molecule has 2 nitrogen and oxygen atoms in total. The molecule has 0 heterocycles. The number of allylic oxidation sites excluding steroid dienone is 1. The number of nitrogens with one attached hydrogen (secondary N) is 1. The summed E-state index contributed by atoms with van der Waals surface area (Å²) in [5.41, 5.74) is 0.00536. The molecule has 12 heavy (non-hydrogen) atoms. The molecule has 0 amide bonds. The molecule has 3 heteroatoms. The molecule has 0 aromatic rings. The fraction of sp³-hybridized carbons (Fsp3) is 0.778. The highest BCUT2D eigenvalue weighted by Gasteiger charge is 2.14. The standard InChI is InChI=1S/C9H18ClNO/c1-9(2,5-8-12)11-7-4-3-6-10/h3-4,11-12H,5-8H2,1-2H3/b4-3+. The first-order valence-corrected chi connectivity index (χ1v) is 4.72. The number of aliphatic hydroxyl groups excluding tert-OH is 1. The topological polar surface area (TPSA) is 32.3 Å². The fourth-order valence-electron chi connectivity index (χ4n) is 0.849. The first-order chi connectivity index (χ1) is 5.62. The predicted molar refractivity (Wildman–Crippen MR) is 53.6 cm³/mol. The smallest absolute Gasteiger partial charge is 0.0448 e. The Kier molecular flexibility index (Phi) is 6.44. The van der Waals surface area contributed by atoms with Crippen LogP contribution >= 0.6 is 11.6 Å². The number of alkyl halides is 1. The van der Waals surface area contributed by atoms with E-state index >= 15 is 0 Å². The SMILES string of the molecule is CC(C)(CCO)NC/C=C/CCl. The highest BCUT2D eigenvalue weighted by atomic mass is 35.5. The molecule has 0 fully saturated rings. The number of hydrogen-bond acceptors (Lipinski definition) is 2. The molecule has 0 aromatic heterocycles. The number of halogens is 1. The third kappa shape index (κ3) is 6.65. The van der Waals surface area contributed by atoms with Crippen molar-refractivity contribution in [2.75, 3.05) is 19.0 Å². The highest BCUT2D eigenvalue weighted by Crippen LogP contribution is 2.05. The van der Waals surface area contributed by atoms with Crippen LogP contribution in [0.3, 0.4) is 0 Å². The van der Waals surface area contributed by atoms with Crippen LogP contribution < -0.4 is 5.32 Å². The third-order valence-corrected chi connectivity index (χ3v) is 1.87. The lowest BCUT2D eigenvalue weighted by Crippen LogP contribution is -2.40. The van der Waals surface area contributed by atoms with Crippen molar-refractivity contribution in [2.45, 2.75) is 25.8 Å². The van der Waals surface area contributed by atoms with E-state index in [4.69, 9.17) is 16.7 Å². The minimum Gasteiger partial charge on any atom is -0.396 e. The van der Waals surface area contributed by atoms with E-state index in [0.717, 1.165) is 13.0 Å². The van der Waals surface area contributed by atoms with E-state index in [9.17, 15) is 0 Å². The molecular formula is C9H18ClNO. The fourth-order valence-corrected chi connectivity index (χ4v) is 0.975. The van der Waals surface area contributed by atoms with Gasteiger partial charge in [0.25, 0.3) is 0 Å². The molecule has 0 aliphatic rings. The lowest BCUT2D eigenvalue weighted by atomic mass is 10.0. The summed E-state index contributed by atoms with van der Waals surface area (Å²) in [6, 6.07) is 0. The van der Waals surface area contributed by atoms with E-state index in [-0.39, 0.29) is 12.1 Å². The molecule has 0 radical (unpaired) electrons. The van der Waals surface area contributed by atoms with E-state index < -0.39 is 0 Å². The van der Waals surface area contributed by atoms with Gasteiger partial charge in [-0.15, -0.1) is 11.6 Å². The quantitative estimate of drug-likeness (QED) is 0.493. The molecule has 0 rings (SSSR count). The van der Waals surface area contributed by atoms with Crippen molar-refractivity contribution >= 4 is 11.6 Å². The van der Waals surface area contributed by atoms with Crippen LogP contribution in [0.25, 0.3) is 0 Å². The lowest BCUT2D eigenvalue weighted by molar-refractivity contribution is 0.234. The summed E-state index contributed by atoms with van der Waals surface area (Å²) in [6.45, 7) is 5.16. The molecule has 0 aliphatic carbocycles. The lowest BCUT2D eigenvalue weighted by Gasteiger charge is -2.24. The first-order valence-electron chi connectivity index (χ1n) is 4.19. The Morgan fingerprint density at radius 3 is 2.58 bits per heavy atom. The van der Waals surface area contributed by atoms with E-state index in [0.29, 0.717) is 5.88 Å². The summed E-state index contributed by atoms with van der Waals surface area (Å²) >= 11 is 5.46. The Bertz CT molecular complexity index is 134. The largest absolute Gasteiger partial charge is 0.396 e. The zero-order valence-electron chi connectivity index (χ0n) is 7.81. The Morgan fingerprint density at radius 1 is 1.42 bits per heavy atom. The van der Waals surface area contributed by atoms with Gasteiger partial charge in [-0.1, -0.05) is 12.2 Å². The summed E-state index contributed by atoms with van der Waals surface area (Å²) in [5.74, 6) is 0.558. The van der Waals surface area contributed by atoms with Gasteiger partial charge < -0.3 is 10.4 Å². The molecule has 0 bridgehead atoms. The Hall–Kier alpha value is -0.0500. The summed E-state index contributed by atoms with van der Waals surface area (Å²) in [6.07, 6.45) is 4.66. The maximum atomic E-state index is 8.73. The van der Waals surface area contributed by atoms with Crippen LogP contribution in [-0.2, 0) is 0 Å². The second kappa shape index (κ2) is 6.46. The van der Waals surface area contributed by atoms with Crippen molar-refractivity contribution in [1.82, 2.24) is 5.32 Å². The molecule has 0 aromatic carbocycles. The highest BCUT2D eigenvalue weighted by molar-refractivity contribution is 6.18. The summed E-state index contributed by atoms with van der Waals surface area (Å²) in [7, 11) is 0. The second-order valence-electron chi connectivity index (χ2n) is 3.36. The average Bonchev–Trinajstić information content (AvgIpc) is 1.98. The van der Waals surface area contributed by atoms with Gasteiger partial charge in [0, 0.05) is 24.6 Å². The van der Waals surface area contributed by atoms with Crippen LogP contribution in [0.4, 0.5) is 0 Å². The number of aliphatic hydroxyl groups is 1. The molecule has 0 saturated carbocycles. The van der Waals surface area contributed by atoms with Gasteiger partial charge in [-0.2, -0.15) is 0 Å². The van der Waals surface area contributed by atoms with Crippen LogP contribution in [0, 0.1) is 0 Å². The van der Waals surface area contributed by atoms with Crippen molar-refractivity contribution in [3.63, 3.8) is 0 Å². The van der Waals surface area contributed by atoms with Crippen molar-refractivity contribution in [3.8, 4) is 0 Å². The minimum atomic E-state index is 0.00536. The molecule has 72 valence electrons. The first kappa shape index (κ1) is 11.9. The van der Waals surface area contributed by atoms with E-state index in [1.54, 1.807) is 0 Å². The minimum absolute atomic E-state index is 0.00536. The maximum Gasteiger partial charge on any atom is 0.0448 e. The van der Waals surface area contributed by atoms with Crippen molar-refractivity contribution in [1.29, 1.82) is 0 Å². The van der Waals surface area contributed by atoms with E-state index in [2.05, 4.69) is 19.2 Å². The Balaban J connectivity index is 3.53.